The molecule has 3 aromatic rings. The average molecular weight is 357 g/mol. The zero-order valence-electron chi connectivity index (χ0n) is 14.7. The molecule has 0 aliphatic rings. The molecule has 3 aromatic carbocycles. The van der Waals surface area contributed by atoms with Crippen LogP contribution in [0.1, 0.15) is 5.56 Å². The number of carbonyl (C=O) groups excluding carboxylic acids is 1. The molecular weight excluding hydrogens is 338 g/mol. The summed E-state index contributed by atoms with van der Waals surface area (Å²) in [6.45, 7) is 0.106. The Bertz CT molecular complexity index is 932. The summed E-state index contributed by atoms with van der Waals surface area (Å²) in [5.41, 5.74) is 2.35. The Balaban J connectivity index is 1.58. The summed E-state index contributed by atoms with van der Waals surface area (Å²) in [5, 5.41) is 14.6. The highest BCUT2D eigenvalue weighted by atomic mass is 16.5. The SMILES string of the molecule is N#CCc1ccc(NC(=O)CNc2ccccc2Oc2ccccc2)cc1. The molecule has 0 spiro atoms. The summed E-state index contributed by atoms with van der Waals surface area (Å²) < 4.78 is 5.88. The van der Waals surface area contributed by atoms with Gasteiger partial charge < -0.3 is 15.4 Å². The quantitative estimate of drug-likeness (QED) is 0.648. The van der Waals surface area contributed by atoms with Gasteiger partial charge in [0, 0.05) is 5.69 Å². The van der Waals surface area contributed by atoms with Crippen LogP contribution in [0.25, 0.3) is 0 Å². The van der Waals surface area contributed by atoms with Crippen molar-refractivity contribution >= 4 is 17.3 Å². The van der Waals surface area contributed by atoms with Gasteiger partial charge >= 0.3 is 0 Å². The second kappa shape index (κ2) is 9.07. The number of nitriles is 1. The summed E-state index contributed by atoms with van der Waals surface area (Å²) >= 11 is 0. The van der Waals surface area contributed by atoms with Crippen molar-refractivity contribution in [1.29, 1.82) is 5.26 Å². The number of nitrogens with zero attached hydrogens (tertiary/aromatic N) is 1. The van der Waals surface area contributed by atoms with Crippen LogP contribution in [-0.2, 0) is 11.2 Å². The molecule has 5 heteroatoms. The van der Waals surface area contributed by atoms with Gasteiger partial charge in [0.1, 0.15) is 5.75 Å². The van der Waals surface area contributed by atoms with Crippen molar-refractivity contribution in [2.45, 2.75) is 6.42 Å². The second-order valence-corrected chi connectivity index (χ2v) is 5.84. The number of rotatable bonds is 7. The third kappa shape index (κ3) is 5.35. The van der Waals surface area contributed by atoms with Gasteiger partial charge in [-0.15, -0.1) is 0 Å². The largest absolute Gasteiger partial charge is 0.455 e. The second-order valence-electron chi connectivity index (χ2n) is 5.84. The normalized spacial score (nSPS) is 9.89. The first-order valence-electron chi connectivity index (χ1n) is 8.56. The predicted molar refractivity (Wildman–Crippen MR) is 106 cm³/mol. The molecule has 0 atom stereocenters. The topological polar surface area (TPSA) is 74.2 Å². The molecule has 0 fully saturated rings. The molecular formula is C22H19N3O2. The van der Waals surface area contributed by atoms with Gasteiger partial charge in [-0.1, -0.05) is 42.5 Å². The smallest absolute Gasteiger partial charge is 0.243 e. The van der Waals surface area contributed by atoms with E-state index in [2.05, 4.69) is 16.7 Å². The first-order valence-corrected chi connectivity index (χ1v) is 8.56. The Morgan fingerprint density at radius 2 is 1.63 bits per heavy atom. The standard InChI is InChI=1S/C22H19N3O2/c23-15-14-17-10-12-18(13-11-17)25-22(26)16-24-20-8-4-5-9-21(20)27-19-6-2-1-3-7-19/h1-13,24H,14,16H2,(H,25,26). The summed E-state index contributed by atoms with van der Waals surface area (Å²) in [4.78, 5) is 12.2. The Morgan fingerprint density at radius 1 is 0.926 bits per heavy atom. The van der Waals surface area contributed by atoms with Crippen molar-refractivity contribution in [1.82, 2.24) is 0 Å². The fraction of sp³-hybridized carbons (Fsp3) is 0.0909. The Kier molecular flexibility index (Phi) is 6.05. The maximum atomic E-state index is 12.2. The monoisotopic (exact) mass is 357 g/mol. The maximum absolute atomic E-state index is 12.2. The lowest BCUT2D eigenvalue weighted by Crippen LogP contribution is -2.21. The van der Waals surface area contributed by atoms with Crippen LogP contribution in [0.5, 0.6) is 11.5 Å². The van der Waals surface area contributed by atoms with Gasteiger partial charge in [0.25, 0.3) is 0 Å². The van der Waals surface area contributed by atoms with E-state index in [1.54, 1.807) is 12.1 Å². The Hall–Kier alpha value is -3.78. The molecule has 0 saturated carbocycles. The number of hydrogen-bond donors (Lipinski definition) is 2. The predicted octanol–water partition coefficient (Wildman–Crippen LogP) is 4.60. The van der Waals surface area contributed by atoms with E-state index in [9.17, 15) is 4.79 Å². The molecule has 0 saturated heterocycles. The fourth-order valence-corrected chi connectivity index (χ4v) is 2.50. The molecule has 0 unspecified atom stereocenters. The Labute approximate surface area is 158 Å². The minimum Gasteiger partial charge on any atom is -0.455 e. The van der Waals surface area contributed by atoms with E-state index >= 15 is 0 Å². The van der Waals surface area contributed by atoms with Crippen molar-refractivity contribution in [3.63, 3.8) is 0 Å². The lowest BCUT2D eigenvalue weighted by atomic mass is 10.1. The highest BCUT2D eigenvalue weighted by Crippen LogP contribution is 2.28. The molecule has 0 aliphatic carbocycles. The van der Waals surface area contributed by atoms with Gasteiger partial charge in [-0.3, -0.25) is 4.79 Å². The number of benzene rings is 3. The van der Waals surface area contributed by atoms with Gasteiger partial charge in [0.15, 0.2) is 5.75 Å². The highest BCUT2D eigenvalue weighted by Gasteiger charge is 2.07. The average Bonchev–Trinajstić information content (AvgIpc) is 2.70. The molecule has 0 radical (unpaired) electrons. The fourth-order valence-electron chi connectivity index (χ4n) is 2.50. The molecule has 0 heterocycles. The van der Waals surface area contributed by atoms with E-state index in [1.165, 1.54) is 0 Å². The zero-order chi connectivity index (χ0) is 18.9. The zero-order valence-corrected chi connectivity index (χ0v) is 14.7. The van der Waals surface area contributed by atoms with Gasteiger partial charge in [-0.25, -0.2) is 0 Å². The van der Waals surface area contributed by atoms with Gasteiger partial charge in [0.05, 0.1) is 24.7 Å². The van der Waals surface area contributed by atoms with E-state index in [0.29, 0.717) is 17.9 Å². The van der Waals surface area contributed by atoms with Gasteiger partial charge in [0.2, 0.25) is 5.91 Å². The van der Waals surface area contributed by atoms with E-state index in [0.717, 1.165) is 17.0 Å². The molecule has 0 aliphatic heterocycles. The van der Waals surface area contributed by atoms with E-state index < -0.39 is 0 Å². The van der Waals surface area contributed by atoms with Crippen molar-refractivity contribution in [3.8, 4) is 17.6 Å². The summed E-state index contributed by atoms with van der Waals surface area (Å²) in [5.74, 6) is 1.21. The Morgan fingerprint density at radius 3 is 2.37 bits per heavy atom. The van der Waals surface area contributed by atoms with Crippen molar-refractivity contribution in [2.24, 2.45) is 0 Å². The number of ether oxygens (including phenoxy) is 1. The van der Waals surface area contributed by atoms with E-state index in [1.807, 2.05) is 66.7 Å². The van der Waals surface area contributed by atoms with Crippen LogP contribution in [0.2, 0.25) is 0 Å². The molecule has 27 heavy (non-hydrogen) atoms. The minimum atomic E-state index is -0.169. The van der Waals surface area contributed by atoms with Crippen LogP contribution in [0.3, 0.4) is 0 Å². The minimum absolute atomic E-state index is 0.106. The molecule has 134 valence electrons. The molecule has 0 bridgehead atoms. The third-order valence-electron chi connectivity index (χ3n) is 3.82. The van der Waals surface area contributed by atoms with E-state index in [4.69, 9.17) is 10.00 Å². The molecule has 2 N–H and O–H groups in total. The van der Waals surface area contributed by atoms with Crippen LogP contribution in [0.4, 0.5) is 11.4 Å². The number of hydrogen-bond acceptors (Lipinski definition) is 4. The number of carbonyl (C=O) groups is 1. The summed E-state index contributed by atoms with van der Waals surface area (Å²) in [6, 6.07) is 26.3. The van der Waals surface area contributed by atoms with Crippen LogP contribution < -0.4 is 15.4 Å². The van der Waals surface area contributed by atoms with Gasteiger partial charge in [-0.05, 0) is 42.0 Å². The third-order valence-corrected chi connectivity index (χ3v) is 3.82. The van der Waals surface area contributed by atoms with Crippen LogP contribution in [-0.4, -0.2) is 12.5 Å². The number of para-hydroxylation sites is 3. The molecule has 5 nitrogen and oxygen atoms in total. The van der Waals surface area contributed by atoms with Crippen LogP contribution in [0, 0.1) is 11.3 Å². The lowest BCUT2D eigenvalue weighted by molar-refractivity contribution is -0.114. The summed E-state index contributed by atoms with van der Waals surface area (Å²) in [6.07, 6.45) is 0.355. The number of amides is 1. The molecule has 1 amide bonds. The highest BCUT2D eigenvalue weighted by molar-refractivity contribution is 5.93. The van der Waals surface area contributed by atoms with Crippen molar-refractivity contribution < 1.29 is 9.53 Å². The number of nitrogens with one attached hydrogen (secondary N) is 2. The lowest BCUT2D eigenvalue weighted by Gasteiger charge is -2.13. The van der Waals surface area contributed by atoms with Gasteiger partial charge in [-0.2, -0.15) is 5.26 Å². The maximum Gasteiger partial charge on any atom is 0.243 e. The van der Waals surface area contributed by atoms with Crippen molar-refractivity contribution in [3.05, 3.63) is 84.4 Å². The number of anilines is 2. The molecule has 0 aromatic heterocycles. The van der Waals surface area contributed by atoms with Crippen LogP contribution in [0.15, 0.2) is 78.9 Å². The van der Waals surface area contributed by atoms with Crippen molar-refractivity contribution in [2.75, 3.05) is 17.2 Å². The molecule has 3 rings (SSSR count). The first kappa shape index (κ1) is 18.0. The summed E-state index contributed by atoms with van der Waals surface area (Å²) in [7, 11) is 0. The first-order chi connectivity index (χ1) is 13.2. The van der Waals surface area contributed by atoms with E-state index in [-0.39, 0.29) is 12.5 Å². The van der Waals surface area contributed by atoms with Crippen LogP contribution >= 0.6 is 0 Å².